The van der Waals surface area contributed by atoms with Gasteiger partial charge in [0, 0.05) is 5.75 Å². The van der Waals surface area contributed by atoms with E-state index in [1.165, 1.54) is 0 Å². The molecule has 0 amide bonds. The monoisotopic (exact) mass is 252 g/mol. The van der Waals surface area contributed by atoms with Gasteiger partial charge in [0.1, 0.15) is 18.3 Å². The molecule has 0 bridgehead atoms. The van der Waals surface area contributed by atoms with Crippen LogP contribution in [0.25, 0.3) is 0 Å². The maximum atomic E-state index is 9.64. The number of ether oxygens (including phenoxy) is 1. The Kier molecular flexibility index (Phi) is 5.70. The van der Waals surface area contributed by atoms with E-state index in [-0.39, 0.29) is 0 Å². The first-order valence-electron chi connectivity index (χ1n) is 4.81. The second kappa shape index (κ2) is 6.55. The third-order valence-corrected chi connectivity index (χ3v) is 2.94. The largest absolute Gasteiger partial charge is 0.394 e. The molecular formula is C9H16O6S. The van der Waals surface area contributed by atoms with Crippen molar-refractivity contribution < 1.29 is 29.3 Å². The summed E-state index contributed by atoms with van der Waals surface area (Å²) in [6.07, 6.45) is -4.44. The Labute approximate surface area is 97.7 Å². The molecule has 16 heavy (non-hydrogen) atoms. The quantitative estimate of drug-likeness (QED) is 0.272. The Morgan fingerprint density at radius 2 is 2.00 bits per heavy atom. The van der Waals surface area contributed by atoms with Crippen LogP contribution in [0.5, 0.6) is 0 Å². The van der Waals surface area contributed by atoms with Gasteiger partial charge >= 0.3 is 0 Å². The summed E-state index contributed by atoms with van der Waals surface area (Å²) in [5, 5.41) is 37.5. The van der Waals surface area contributed by atoms with Crippen LogP contribution in [0.2, 0.25) is 0 Å². The molecule has 4 N–H and O–H groups in total. The van der Waals surface area contributed by atoms with Crippen LogP contribution < -0.4 is 0 Å². The summed E-state index contributed by atoms with van der Waals surface area (Å²) >= 11 is 0.986. The third kappa shape index (κ3) is 3.17. The standard InChI is InChI=1S/C9H16O6S/c1-2-3-16-15-8-7(12)6(11)5(4-10)14-9(8)13/h2,5-13H,1,3-4H2/t5-,6-,7+,8-,9?/m1/s1. The molecule has 1 fully saturated rings. The van der Waals surface area contributed by atoms with Gasteiger partial charge in [0.25, 0.3) is 0 Å². The van der Waals surface area contributed by atoms with Gasteiger partial charge in [0.05, 0.1) is 6.61 Å². The van der Waals surface area contributed by atoms with Crippen molar-refractivity contribution in [1.82, 2.24) is 0 Å². The normalized spacial score (nSPS) is 39.6. The highest BCUT2D eigenvalue weighted by Gasteiger charge is 2.44. The van der Waals surface area contributed by atoms with Crippen LogP contribution in [0, 0.1) is 0 Å². The molecule has 0 aromatic rings. The van der Waals surface area contributed by atoms with E-state index in [0.29, 0.717) is 5.75 Å². The molecule has 5 atom stereocenters. The maximum Gasteiger partial charge on any atom is 0.185 e. The Morgan fingerprint density at radius 1 is 1.31 bits per heavy atom. The van der Waals surface area contributed by atoms with Crippen molar-refractivity contribution in [2.75, 3.05) is 12.4 Å². The minimum atomic E-state index is -1.38. The van der Waals surface area contributed by atoms with Crippen molar-refractivity contribution in [3.8, 4) is 0 Å². The van der Waals surface area contributed by atoms with E-state index in [0.717, 1.165) is 12.0 Å². The predicted molar refractivity (Wildman–Crippen MR) is 57.5 cm³/mol. The zero-order chi connectivity index (χ0) is 12.1. The zero-order valence-electron chi connectivity index (χ0n) is 8.60. The van der Waals surface area contributed by atoms with Crippen molar-refractivity contribution in [2.45, 2.75) is 30.7 Å². The molecule has 0 aromatic heterocycles. The first-order valence-corrected chi connectivity index (χ1v) is 5.72. The number of rotatable bonds is 5. The second-order valence-corrected chi connectivity index (χ2v) is 4.12. The van der Waals surface area contributed by atoms with Gasteiger partial charge in [-0.2, -0.15) is 0 Å². The van der Waals surface area contributed by atoms with Gasteiger partial charge in [0.15, 0.2) is 12.4 Å². The van der Waals surface area contributed by atoms with Gasteiger partial charge in [0.2, 0.25) is 0 Å². The fourth-order valence-corrected chi connectivity index (χ4v) is 1.88. The van der Waals surface area contributed by atoms with Crippen molar-refractivity contribution in [3.05, 3.63) is 12.7 Å². The fraction of sp³-hybridized carbons (Fsp3) is 0.778. The summed E-state index contributed by atoms with van der Waals surface area (Å²) in [4.78, 5) is 0. The molecule has 0 spiro atoms. The van der Waals surface area contributed by atoms with Crippen molar-refractivity contribution in [1.29, 1.82) is 0 Å². The fourth-order valence-electron chi connectivity index (χ4n) is 1.34. The van der Waals surface area contributed by atoms with Gasteiger partial charge in [-0.3, -0.25) is 0 Å². The van der Waals surface area contributed by atoms with E-state index in [1.54, 1.807) is 6.08 Å². The summed E-state index contributed by atoms with van der Waals surface area (Å²) in [5.74, 6) is 0.482. The summed E-state index contributed by atoms with van der Waals surface area (Å²) in [6, 6.07) is 0. The smallest absolute Gasteiger partial charge is 0.185 e. The van der Waals surface area contributed by atoms with Gasteiger partial charge < -0.3 is 29.3 Å². The predicted octanol–water partition coefficient (Wildman–Crippen LogP) is -1.36. The van der Waals surface area contributed by atoms with E-state index in [2.05, 4.69) is 6.58 Å². The summed E-state index contributed by atoms with van der Waals surface area (Å²) in [6.45, 7) is 3.00. The lowest BCUT2D eigenvalue weighted by molar-refractivity contribution is -0.278. The van der Waals surface area contributed by atoms with E-state index in [1.807, 2.05) is 0 Å². The van der Waals surface area contributed by atoms with Gasteiger partial charge in [-0.25, -0.2) is 0 Å². The molecule has 6 nitrogen and oxygen atoms in total. The maximum absolute atomic E-state index is 9.64. The van der Waals surface area contributed by atoms with Gasteiger partial charge in [-0.15, -0.1) is 6.58 Å². The van der Waals surface area contributed by atoms with E-state index in [9.17, 15) is 15.3 Å². The lowest BCUT2D eigenvalue weighted by Gasteiger charge is -2.39. The topological polar surface area (TPSA) is 99.4 Å². The Bertz CT molecular complexity index is 226. The molecular weight excluding hydrogens is 236 g/mol. The first-order chi connectivity index (χ1) is 7.61. The molecule has 1 rings (SSSR count). The van der Waals surface area contributed by atoms with E-state index >= 15 is 0 Å². The van der Waals surface area contributed by atoms with Crippen molar-refractivity contribution in [2.24, 2.45) is 0 Å². The minimum absolute atomic E-state index is 0.482. The number of aliphatic hydroxyl groups is 4. The lowest BCUT2D eigenvalue weighted by atomic mass is 9.99. The summed E-state index contributed by atoms with van der Waals surface area (Å²) in [7, 11) is 0. The van der Waals surface area contributed by atoms with Crippen LogP contribution in [-0.4, -0.2) is 63.5 Å². The summed E-state index contributed by atoms with van der Waals surface area (Å²) in [5.41, 5.74) is 0. The van der Waals surface area contributed by atoms with Crippen LogP contribution in [0.1, 0.15) is 0 Å². The Hall–Kier alpha value is -0.150. The molecule has 0 saturated carbocycles. The van der Waals surface area contributed by atoms with Crippen LogP contribution in [0.15, 0.2) is 12.7 Å². The van der Waals surface area contributed by atoms with Crippen LogP contribution in [0.4, 0.5) is 0 Å². The minimum Gasteiger partial charge on any atom is -0.394 e. The SMILES string of the molecule is C=CCSO[C@H]1C(O)O[C@H](CO)[C@@H](O)[C@@H]1O. The van der Waals surface area contributed by atoms with Crippen LogP contribution >= 0.6 is 12.0 Å². The molecule has 1 unspecified atom stereocenters. The highest BCUT2D eigenvalue weighted by Crippen LogP contribution is 2.25. The van der Waals surface area contributed by atoms with Crippen LogP contribution in [-0.2, 0) is 8.92 Å². The number of hydrogen-bond acceptors (Lipinski definition) is 7. The second-order valence-electron chi connectivity index (χ2n) is 3.36. The third-order valence-electron chi connectivity index (χ3n) is 2.21. The molecule has 0 aliphatic carbocycles. The molecule has 94 valence electrons. The molecule has 0 radical (unpaired) electrons. The number of aliphatic hydroxyl groups excluding tert-OH is 4. The summed E-state index contributed by atoms with van der Waals surface area (Å²) < 4.78 is 9.98. The zero-order valence-corrected chi connectivity index (χ0v) is 9.42. The molecule has 0 aromatic carbocycles. The molecule has 1 aliphatic rings. The molecule has 7 heteroatoms. The average molecular weight is 252 g/mol. The van der Waals surface area contributed by atoms with Crippen molar-refractivity contribution >= 4 is 12.0 Å². The molecule has 1 aliphatic heterocycles. The van der Waals surface area contributed by atoms with Crippen LogP contribution in [0.3, 0.4) is 0 Å². The van der Waals surface area contributed by atoms with Gasteiger partial charge in [-0.1, -0.05) is 6.08 Å². The Morgan fingerprint density at radius 3 is 2.56 bits per heavy atom. The number of hydrogen-bond donors (Lipinski definition) is 4. The van der Waals surface area contributed by atoms with E-state index in [4.69, 9.17) is 14.0 Å². The van der Waals surface area contributed by atoms with E-state index < -0.39 is 37.3 Å². The van der Waals surface area contributed by atoms with Gasteiger partial charge in [-0.05, 0) is 12.0 Å². The highest BCUT2D eigenvalue weighted by molar-refractivity contribution is 7.94. The lowest BCUT2D eigenvalue weighted by Crippen LogP contribution is -2.58. The molecule has 1 saturated heterocycles. The van der Waals surface area contributed by atoms with Crippen molar-refractivity contribution in [3.63, 3.8) is 0 Å². The average Bonchev–Trinajstić information content (AvgIpc) is 2.28. The molecule has 1 heterocycles. The highest BCUT2D eigenvalue weighted by atomic mass is 32.2. The Balaban J connectivity index is 2.53. The first kappa shape index (κ1) is 13.9.